The van der Waals surface area contributed by atoms with E-state index in [0.29, 0.717) is 41.3 Å². The minimum atomic E-state index is -0.876. The standard InChI is InChI=1S/C19H16BNO5/c1-2-24-19(22)15-4-3-5-17-14(15)7-9-18(21-17)26-13-6-8-16-12(10-13)11-25-20(16)23/h3-10,23H,2,11H2,1H3. The van der Waals surface area contributed by atoms with Crippen molar-refractivity contribution >= 4 is 29.5 Å². The number of hydrogen-bond donors (Lipinski definition) is 1. The predicted molar refractivity (Wildman–Crippen MR) is 96.6 cm³/mol. The quantitative estimate of drug-likeness (QED) is 0.576. The number of pyridine rings is 1. The van der Waals surface area contributed by atoms with Crippen molar-refractivity contribution in [2.24, 2.45) is 0 Å². The normalized spacial score (nSPS) is 12.9. The van der Waals surface area contributed by atoms with Crippen molar-refractivity contribution in [2.75, 3.05) is 6.61 Å². The van der Waals surface area contributed by atoms with Gasteiger partial charge in [-0.25, -0.2) is 9.78 Å². The summed E-state index contributed by atoms with van der Waals surface area (Å²) < 4.78 is 16.1. The molecule has 6 nitrogen and oxygen atoms in total. The molecule has 2 aromatic carbocycles. The number of ether oxygens (including phenoxy) is 2. The Hall–Kier alpha value is -2.90. The molecule has 0 aliphatic carbocycles. The minimum absolute atomic E-state index is 0.320. The van der Waals surface area contributed by atoms with Crippen LogP contribution in [0.3, 0.4) is 0 Å². The van der Waals surface area contributed by atoms with E-state index in [1.807, 2.05) is 12.1 Å². The van der Waals surface area contributed by atoms with Crippen LogP contribution in [0.25, 0.3) is 10.9 Å². The molecule has 0 fully saturated rings. The van der Waals surface area contributed by atoms with Gasteiger partial charge in [0.2, 0.25) is 5.88 Å². The Kier molecular flexibility index (Phi) is 4.32. The van der Waals surface area contributed by atoms with Gasteiger partial charge in [-0.15, -0.1) is 0 Å². The van der Waals surface area contributed by atoms with Crippen LogP contribution < -0.4 is 10.2 Å². The van der Waals surface area contributed by atoms with E-state index in [4.69, 9.17) is 14.1 Å². The molecule has 0 atom stereocenters. The van der Waals surface area contributed by atoms with Gasteiger partial charge in [-0.3, -0.25) is 0 Å². The largest absolute Gasteiger partial charge is 0.491 e. The van der Waals surface area contributed by atoms with E-state index in [9.17, 15) is 9.82 Å². The lowest BCUT2D eigenvalue weighted by atomic mass is 9.80. The Balaban J connectivity index is 1.63. The summed E-state index contributed by atoms with van der Waals surface area (Å²) in [6.07, 6.45) is 0. The number of nitrogens with zero attached hydrogens (tertiary/aromatic N) is 1. The SMILES string of the molecule is CCOC(=O)c1cccc2nc(Oc3ccc4c(c3)COB4O)ccc12. The van der Waals surface area contributed by atoms with Gasteiger partial charge >= 0.3 is 13.1 Å². The van der Waals surface area contributed by atoms with E-state index in [2.05, 4.69) is 4.98 Å². The number of hydrogen-bond acceptors (Lipinski definition) is 6. The zero-order valence-electron chi connectivity index (χ0n) is 14.1. The molecule has 2 heterocycles. The zero-order valence-corrected chi connectivity index (χ0v) is 14.1. The summed E-state index contributed by atoms with van der Waals surface area (Å²) >= 11 is 0. The van der Waals surface area contributed by atoms with Crippen LogP contribution >= 0.6 is 0 Å². The van der Waals surface area contributed by atoms with E-state index in [-0.39, 0.29) is 5.97 Å². The second kappa shape index (κ2) is 6.78. The van der Waals surface area contributed by atoms with E-state index < -0.39 is 7.12 Å². The molecule has 0 spiro atoms. The molecule has 1 aromatic heterocycles. The van der Waals surface area contributed by atoms with Crippen LogP contribution in [0.1, 0.15) is 22.8 Å². The second-order valence-corrected chi connectivity index (χ2v) is 5.87. The number of carbonyl (C=O) groups excluding carboxylic acids is 1. The summed E-state index contributed by atoms with van der Waals surface area (Å²) in [7, 11) is -0.876. The van der Waals surface area contributed by atoms with Gasteiger partial charge in [0.25, 0.3) is 0 Å². The highest BCUT2D eigenvalue weighted by molar-refractivity contribution is 6.61. The Morgan fingerprint density at radius 3 is 3.00 bits per heavy atom. The van der Waals surface area contributed by atoms with Gasteiger partial charge in [0, 0.05) is 11.5 Å². The van der Waals surface area contributed by atoms with Gasteiger partial charge in [0.05, 0.1) is 24.3 Å². The third kappa shape index (κ3) is 3.02. The van der Waals surface area contributed by atoms with Crippen LogP contribution in [0.2, 0.25) is 0 Å². The highest BCUT2D eigenvalue weighted by atomic mass is 16.5. The number of aromatic nitrogens is 1. The number of benzene rings is 2. The summed E-state index contributed by atoms with van der Waals surface area (Å²) in [5.74, 6) is 0.651. The lowest BCUT2D eigenvalue weighted by Crippen LogP contribution is -2.27. The van der Waals surface area contributed by atoms with E-state index in [0.717, 1.165) is 11.0 Å². The monoisotopic (exact) mass is 349 g/mol. The lowest BCUT2D eigenvalue weighted by molar-refractivity contribution is 0.0528. The molecule has 3 aromatic rings. The van der Waals surface area contributed by atoms with E-state index in [1.54, 1.807) is 43.3 Å². The lowest BCUT2D eigenvalue weighted by Gasteiger charge is -2.09. The van der Waals surface area contributed by atoms with Crippen molar-refractivity contribution in [3.63, 3.8) is 0 Å². The second-order valence-electron chi connectivity index (χ2n) is 5.87. The fourth-order valence-electron chi connectivity index (χ4n) is 2.97. The smallest absolute Gasteiger partial charge is 0.462 e. The first-order chi connectivity index (χ1) is 12.7. The molecule has 26 heavy (non-hydrogen) atoms. The van der Waals surface area contributed by atoms with Crippen molar-refractivity contribution in [1.29, 1.82) is 0 Å². The van der Waals surface area contributed by atoms with Crippen molar-refractivity contribution < 1.29 is 23.9 Å². The molecule has 1 N–H and O–H groups in total. The van der Waals surface area contributed by atoms with Crippen molar-refractivity contribution in [3.8, 4) is 11.6 Å². The molecule has 1 aliphatic heterocycles. The maximum Gasteiger partial charge on any atom is 0.491 e. The number of rotatable bonds is 4. The van der Waals surface area contributed by atoms with Gasteiger partial charge in [0.1, 0.15) is 5.75 Å². The average Bonchev–Trinajstić information content (AvgIpc) is 3.01. The highest BCUT2D eigenvalue weighted by Crippen LogP contribution is 2.26. The Labute approximate surface area is 150 Å². The molecule has 0 radical (unpaired) electrons. The fraction of sp³-hybridized carbons (Fsp3) is 0.158. The molecule has 0 saturated heterocycles. The van der Waals surface area contributed by atoms with Gasteiger partial charge in [-0.2, -0.15) is 0 Å². The van der Waals surface area contributed by atoms with Gasteiger partial charge in [-0.05, 0) is 48.3 Å². The Morgan fingerprint density at radius 1 is 1.27 bits per heavy atom. The summed E-state index contributed by atoms with van der Waals surface area (Å²) in [5.41, 5.74) is 2.77. The molecule has 0 saturated carbocycles. The highest BCUT2D eigenvalue weighted by Gasteiger charge is 2.27. The first-order valence-corrected chi connectivity index (χ1v) is 8.33. The maximum atomic E-state index is 12.1. The number of fused-ring (bicyclic) bond motifs is 2. The molecule has 7 heteroatoms. The van der Waals surface area contributed by atoms with Crippen molar-refractivity contribution in [2.45, 2.75) is 13.5 Å². The van der Waals surface area contributed by atoms with Crippen molar-refractivity contribution in [3.05, 3.63) is 59.7 Å². The van der Waals surface area contributed by atoms with Crippen LogP contribution in [-0.4, -0.2) is 29.7 Å². The van der Waals surface area contributed by atoms with Crippen LogP contribution in [-0.2, 0) is 16.0 Å². The first kappa shape index (κ1) is 16.6. The maximum absolute atomic E-state index is 12.1. The minimum Gasteiger partial charge on any atom is -0.462 e. The third-order valence-electron chi connectivity index (χ3n) is 4.20. The topological polar surface area (TPSA) is 77.9 Å². The van der Waals surface area contributed by atoms with Crippen LogP contribution in [0.15, 0.2) is 48.5 Å². The molecule has 130 valence electrons. The fourth-order valence-corrected chi connectivity index (χ4v) is 2.97. The molecule has 1 aliphatic rings. The van der Waals surface area contributed by atoms with E-state index >= 15 is 0 Å². The summed E-state index contributed by atoms with van der Waals surface area (Å²) in [4.78, 5) is 16.5. The van der Waals surface area contributed by atoms with Gasteiger partial charge in [0.15, 0.2) is 0 Å². The Morgan fingerprint density at radius 2 is 2.15 bits per heavy atom. The molecule has 4 rings (SSSR count). The predicted octanol–water partition coefficient (Wildman–Crippen LogP) is 2.42. The Bertz CT molecular complexity index is 991. The molecular weight excluding hydrogens is 333 g/mol. The summed E-state index contributed by atoms with van der Waals surface area (Å²) in [6.45, 7) is 2.44. The molecule has 0 bridgehead atoms. The average molecular weight is 349 g/mol. The molecular formula is C19H16BNO5. The van der Waals surface area contributed by atoms with Crippen LogP contribution in [0.4, 0.5) is 0 Å². The van der Waals surface area contributed by atoms with Crippen molar-refractivity contribution in [1.82, 2.24) is 4.98 Å². The number of carbonyl (C=O) groups is 1. The first-order valence-electron chi connectivity index (χ1n) is 8.33. The van der Waals surface area contributed by atoms with Crippen LogP contribution in [0.5, 0.6) is 11.6 Å². The summed E-state index contributed by atoms with van der Waals surface area (Å²) in [6, 6.07) is 14.2. The third-order valence-corrected chi connectivity index (χ3v) is 4.20. The van der Waals surface area contributed by atoms with Crippen LogP contribution in [0, 0.1) is 0 Å². The van der Waals surface area contributed by atoms with Gasteiger partial charge < -0.3 is 19.2 Å². The molecule has 0 amide bonds. The zero-order chi connectivity index (χ0) is 18.1. The van der Waals surface area contributed by atoms with Gasteiger partial charge in [-0.1, -0.05) is 12.1 Å². The van der Waals surface area contributed by atoms with E-state index in [1.165, 1.54) is 0 Å². The summed E-state index contributed by atoms with van der Waals surface area (Å²) in [5, 5.41) is 10.4. The number of esters is 1. The molecule has 0 unspecified atom stereocenters.